The molecule has 6 nitrogen and oxygen atoms in total. The molecule has 0 fully saturated rings. The van der Waals surface area contributed by atoms with Crippen molar-refractivity contribution in [2.24, 2.45) is 5.73 Å². The molecule has 0 aliphatic rings. The van der Waals surface area contributed by atoms with Gasteiger partial charge < -0.3 is 21.1 Å². The van der Waals surface area contributed by atoms with E-state index in [1.165, 1.54) is 0 Å². The van der Waals surface area contributed by atoms with Gasteiger partial charge in [-0.1, -0.05) is 30.3 Å². The third-order valence-corrected chi connectivity index (χ3v) is 3.07. The van der Waals surface area contributed by atoms with Crippen LogP contribution in [0.2, 0.25) is 0 Å². The van der Waals surface area contributed by atoms with Crippen LogP contribution in [-0.2, 0) is 9.59 Å². The standard InChI is InChI=1S/C15H23N3O3/c1-18(2)10-13(11-6-4-3-5-7-11)17-15(21)12(16)8-9-14(19)20/h3-7,12-13H,8-10,16H2,1-2H3,(H,17,21)(H,19,20). The van der Waals surface area contributed by atoms with E-state index in [0.717, 1.165) is 5.56 Å². The number of rotatable bonds is 8. The van der Waals surface area contributed by atoms with Gasteiger partial charge in [0.05, 0.1) is 12.1 Å². The van der Waals surface area contributed by atoms with Crippen LogP contribution in [0.25, 0.3) is 0 Å². The minimum Gasteiger partial charge on any atom is -0.481 e. The monoisotopic (exact) mass is 293 g/mol. The maximum atomic E-state index is 12.1. The van der Waals surface area contributed by atoms with Crippen LogP contribution in [0, 0.1) is 0 Å². The first-order chi connectivity index (χ1) is 9.90. The number of carboxylic acids is 1. The van der Waals surface area contributed by atoms with Crippen LogP contribution in [0.3, 0.4) is 0 Å². The number of carboxylic acid groups (broad SMARTS) is 1. The molecule has 116 valence electrons. The molecule has 0 aromatic heterocycles. The van der Waals surface area contributed by atoms with E-state index in [-0.39, 0.29) is 24.8 Å². The highest BCUT2D eigenvalue weighted by molar-refractivity contribution is 5.82. The second kappa shape index (κ2) is 8.39. The van der Waals surface area contributed by atoms with Gasteiger partial charge >= 0.3 is 5.97 Å². The van der Waals surface area contributed by atoms with Gasteiger partial charge in [-0.25, -0.2) is 0 Å². The number of carbonyl (C=O) groups excluding carboxylic acids is 1. The van der Waals surface area contributed by atoms with Crippen LogP contribution in [0.1, 0.15) is 24.4 Å². The van der Waals surface area contributed by atoms with Gasteiger partial charge in [-0.15, -0.1) is 0 Å². The number of hydrogen-bond acceptors (Lipinski definition) is 4. The minimum atomic E-state index is -0.953. The molecule has 2 unspecified atom stereocenters. The maximum absolute atomic E-state index is 12.1. The van der Waals surface area contributed by atoms with Crippen LogP contribution < -0.4 is 11.1 Å². The molecule has 21 heavy (non-hydrogen) atoms. The molecular weight excluding hydrogens is 270 g/mol. The summed E-state index contributed by atoms with van der Waals surface area (Å²) in [7, 11) is 3.85. The minimum absolute atomic E-state index is 0.113. The van der Waals surface area contributed by atoms with Crippen LogP contribution in [0.4, 0.5) is 0 Å². The van der Waals surface area contributed by atoms with Gasteiger partial charge in [-0.3, -0.25) is 9.59 Å². The van der Waals surface area contributed by atoms with Crippen LogP contribution in [0.15, 0.2) is 30.3 Å². The Morgan fingerprint density at radius 3 is 2.43 bits per heavy atom. The van der Waals surface area contributed by atoms with Gasteiger partial charge in [0.2, 0.25) is 5.91 Å². The Hall–Kier alpha value is -1.92. The van der Waals surface area contributed by atoms with E-state index < -0.39 is 12.0 Å². The van der Waals surface area contributed by atoms with Crippen LogP contribution >= 0.6 is 0 Å². The first kappa shape index (κ1) is 17.1. The van der Waals surface area contributed by atoms with Crippen molar-refractivity contribution in [1.29, 1.82) is 0 Å². The van der Waals surface area contributed by atoms with E-state index in [1.54, 1.807) is 0 Å². The molecule has 0 radical (unpaired) electrons. The van der Waals surface area contributed by atoms with Crippen LogP contribution in [-0.4, -0.2) is 48.6 Å². The highest BCUT2D eigenvalue weighted by atomic mass is 16.4. The summed E-state index contributed by atoms with van der Waals surface area (Å²) in [5.41, 5.74) is 6.72. The fraction of sp³-hybridized carbons (Fsp3) is 0.467. The van der Waals surface area contributed by atoms with Gasteiger partial charge in [0.15, 0.2) is 0 Å². The molecule has 1 aromatic carbocycles. The maximum Gasteiger partial charge on any atom is 0.303 e. The molecule has 1 aromatic rings. The zero-order valence-electron chi connectivity index (χ0n) is 12.5. The summed E-state index contributed by atoms with van der Waals surface area (Å²) >= 11 is 0. The van der Waals surface area contributed by atoms with Crippen molar-refractivity contribution in [3.05, 3.63) is 35.9 Å². The Balaban J connectivity index is 2.68. The van der Waals surface area contributed by atoms with Gasteiger partial charge in [0, 0.05) is 13.0 Å². The molecule has 4 N–H and O–H groups in total. The molecule has 1 amide bonds. The van der Waals surface area contributed by atoms with Gasteiger partial charge in [-0.2, -0.15) is 0 Å². The van der Waals surface area contributed by atoms with Gasteiger partial charge in [0.25, 0.3) is 0 Å². The number of nitrogens with one attached hydrogen (secondary N) is 1. The number of likely N-dealkylation sites (N-methyl/N-ethyl adjacent to an activating group) is 1. The van der Waals surface area contributed by atoms with E-state index in [4.69, 9.17) is 10.8 Å². The quantitative estimate of drug-likeness (QED) is 0.652. The average molecular weight is 293 g/mol. The number of carbonyl (C=O) groups is 2. The van der Waals surface area contributed by atoms with E-state index in [2.05, 4.69) is 5.32 Å². The van der Waals surface area contributed by atoms with Crippen molar-refractivity contribution in [2.45, 2.75) is 24.9 Å². The van der Waals surface area contributed by atoms with Crippen molar-refractivity contribution in [2.75, 3.05) is 20.6 Å². The summed E-state index contributed by atoms with van der Waals surface area (Å²) in [6.07, 6.45) is 0.0168. The summed E-state index contributed by atoms with van der Waals surface area (Å²) in [5, 5.41) is 11.5. The lowest BCUT2D eigenvalue weighted by Crippen LogP contribution is -2.44. The van der Waals surface area contributed by atoms with Crippen molar-refractivity contribution >= 4 is 11.9 Å². The molecule has 0 heterocycles. The number of nitrogens with zero attached hydrogens (tertiary/aromatic N) is 1. The third-order valence-electron chi connectivity index (χ3n) is 3.07. The van der Waals surface area contributed by atoms with E-state index in [9.17, 15) is 9.59 Å². The second-order valence-corrected chi connectivity index (χ2v) is 5.27. The van der Waals surface area contributed by atoms with Gasteiger partial charge in [-0.05, 0) is 26.1 Å². The summed E-state index contributed by atoms with van der Waals surface area (Å²) < 4.78 is 0. The number of amides is 1. The Bertz CT molecular complexity index is 462. The molecule has 1 rings (SSSR count). The lowest BCUT2D eigenvalue weighted by molar-refractivity contribution is -0.137. The second-order valence-electron chi connectivity index (χ2n) is 5.27. The van der Waals surface area contributed by atoms with Crippen LogP contribution in [0.5, 0.6) is 0 Å². The SMILES string of the molecule is CN(C)CC(NC(=O)C(N)CCC(=O)O)c1ccccc1. The molecule has 0 saturated heterocycles. The zero-order chi connectivity index (χ0) is 15.8. The van der Waals surface area contributed by atoms with Crippen molar-refractivity contribution in [3.63, 3.8) is 0 Å². The summed E-state index contributed by atoms with van der Waals surface area (Å²) in [5.74, 6) is -1.28. The lowest BCUT2D eigenvalue weighted by Gasteiger charge is -2.24. The van der Waals surface area contributed by atoms with Crippen molar-refractivity contribution in [1.82, 2.24) is 10.2 Å². The lowest BCUT2D eigenvalue weighted by atomic mass is 10.1. The summed E-state index contributed by atoms with van der Waals surface area (Å²) in [4.78, 5) is 24.6. The Morgan fingerprint density at radius 1 is 1.29 bits per heavy atom. The molecule has 0 bridgehead atoms. The summed E-state index contributed by atoms with van der Waals surface area (Å²) in [6, 6.07) is 8.63. The third kappa shape index (κ3) is 6.37. The molecular formula is C15H23N3O3. The largest absolute Gasteiger partial charge is 0.481 e. The fourth-order valence-electron chi connectivity index (χ4n) is 1.97. The predicted octanol–water partition coefficient (Wildman–Crippen LogP) is 0.598. The number of benzene rings is 1. The van der Waals surface area contributed by atoms with Gasteiger partial charge in [0.1, 0.15) is 0 Å². The Labute approximate surface area is 124 Å². The highest BCUT2D eigenvalue weighted by Gasteiger charge is 2.20. The highest BCUT2D eigenvalue weighted by Crippen LogP contribution is 2.13. The Morgan fingerprint density at radius 2 is 1.90 bits per heavy atom. The number of hydrogen-bond donors (Lipinski definition) is 3. The molecule has 0 aliphatic heterocycles. The fourth-order valence-corrected chi connectivity index (χ4v) is 1.97. The Kier molecular flexibility index (Phi) is 6.84. The van der Waals surface area contributed by atoms with Crippen molar-refractivity contribution < 1.29 is 14.7 Å². The molecule has 2 atom stereocenters. The molecule has 0 aliphatic carbocycles. The first-order valence-electron chi connectivity index (χ1n) is 6.87. The van der Waals surface area contributed by atoms with E-state index in [1.807, 2.05) is 49.3 Å². The topological polar surface area (TPSA) is 95.7 Å². The normalized spacial score (nSPS) is 13.7. The van der Waals surface area contributed by atoms with E-state index in [0.29, 0.717) is 6.54 Å². The van der Waals surface area contributed by atoms with E-state index >= 15 is 0 Å². The smallest absolute Gasteiger partial charge is 0.303 e. The predicted molar refractivity (Wildman–Crippen MR) is 80.7 cm³/mol. The van der Waals surface area contributed by atoms with Crippen molar-refractivity contribution in [3.8, 4) is 0 Å². The number of nitrogens with two attached hydrogens (primary N) is 1. The zero-order valence-corrected chi connectivity index (χ0v) is 12.5. The molecule has 0 spiro atoms. The first-order valence-corrected chi connectivity index (χ1v) is 6.87. The molecule has 6 heteroatoms. The molecule has 0 saturated carbocycles. The number of aliphatic carboxylic acids is 1. The average Bonchev–Trinajstić information content (AvgIpc) is 2.44. The summed E-state index contributed by atoms with van der Waals surface area (Å²) in [6.45, 7) is 0.640.